The maximum absolute atomic E-state index is 13.4. The van der Waals surface area contributed by atoms with E-state index in [1.165, 1.54) is 12.5 Å². The molecule has 0 saturated carbocycles. The first-order chi connectivity index (χ1) is 8.66. The Kier molecular flexibility index (Phi) is 5.03. The standard InChI is InChI=1S/C14H21FN2S/c1-11-6-7-17(10-13(11)16)8-9-18-14-5-3-2-4-12(14)15/h2-5,11,13H,6-10,16H2,1H3. The van der Waals surface area contributed by atoms with Gasteiger partial charge in [0.15, 0.2) is 0 Å². The van der Waals surface area contributed by atoms with Gasteiger partial charge < -0.3 is 10.6 Å². The minimum atomic E-state index is -0.119. The Morgan fingerprint density at radius 1 is 1.44 bits per heavy atom. The first kappa shape index (κ1) is 13.8. The predicted octanol–water partition coefficient (Wildman–Crippen LogP) is 2.59. The van der Waals surface area contributed by atoms with E-state index in [1.54, 1.807) is 17.8 Å². The van der Waals surface area contributed by atoms with Gasteiger partial charge in [-0.15, -0.1) is 11.8 Å². The number of benzene rings is 1. The van der Waals surface area contributed by atoms with Crippen molar-refractivity contribution >= 4 is 11.8 Å². The van der Waals surface area contributed by atoms with Crippen LogP contribution in [0.5, 0.6) is 0 Å². The molecule has 18 heavy (non-hydrogen) atoms. The predicted molar refractivity (Wildman–Crippen MR) is 75.3 cm³/mol. The van der Waals surface area contributed by atoms with Gasteiger partial charge in [-0.3, -0.25) is 0 Å². The summed E-state index contributed by atoms with van der Waals surface area (Å²) < 4.78 is 13.4. The Balaban J connectivity index is 1.74. The molecule has 1 aromatic carbocycles. The topological polar surface area (TPSA) is 29.3 Å². The monoisotopic (exact) mass is 268 g/mol. The SMILES string of the molecule is CC1CCN(CCSc2ccccc2F)CC1N. The quantitative estimate of drug-likeness (QED) is 0.851. The van der Waals surface area contributed by atoms with Crippen LogP contribution in [0.25, 0.3) is 0 Å². The Hall–Kier alpha value is -0.580. The highest BCUT2D eigenvalue weighted by Crippen LogP contribution is 2.22. The van der Waals surface area contributed by atoms with Crippen LogP contribution in [0.4, 0.5) is 4.39 Å². The van der Waals surface area contributed by atoms with Gasteiger partial charge in [-0.1, -0.05) is 19.1 Å². The molecule has 0 spiro atoms. The Morgan fingerprint density at radius 3 is 2.94 bits per heavy atom. The van der Waals surface area contributed by atoms with Gasteiger partial charge in [-0.25, -0.2) is 4.39 Å². The molecule has 100 valence electrons. The number of nitrogens with zero attached hydrogens (tertiary/aromatic N) is 1. The Labute approximate surface area is 113 Å². The van der Waals surface area contributed by atoms with Crippen molar-refractivity contribution in [3.63, 3.8) is 0 Å². The molecule has 0 bridgehead atoms. The van der Waals surface area contributed by atoms with E-state index in [4.69, 9.17) is 5.73 Å². The maximum Gasteiger partial charge on any atom is 0.136 e. The lowest BCUT2D eigenvalue weighted by Gasteiger charge is -2.34. The Morgan fingerprint density at radius 2 is 2.22 bits per heavy atom. The number of nitrogens with two attached hydrogens (primary N) is 1. The first-order valence-corrected chi connectivity index (χ1v) is 7.50. The summed E-state index contributed by atoms with van der Waals surface area (Å²) in [7, 11) is 0. The third-order valence-corrected chi connectivity index (χ3v) is 4.63. The molecule has 2 N–H and O–H groups in total. The second-order valence-electron chi connectivity index (χ2n) is 5.01. The number of thioether (sulfide) groups is 1. The minimum Gasteiger partial charge on any atom is -0.326 e. The molecule has 2 rings (SSSR count). The molecular formula is C14H21FN2S. The van der Waals surface area contributed by atoms with Crippen molar-refractivity contribution in [3.05, 3.63) is 30.1 Å². The van der Waals surface area contributed by atoms with E-state index in [9.17, 15) is 4.39 Å². The van der Waals surface area contributed by atoms with Gasteiger partial charge in [0.1, 0.15) is 5.82 Å². The van der Waals surface area contributed by atoms with Crippen LogP contribution in [0.3, 0.4) is 0 Å². The van der Waals surface area contributed by atoms with E-state index in [0.29, 0.717) is 5.92 Å². The summed E-state index contributed by atoms with van der Waals surface area (Å²) in [4.78, 5) is 3.13. The lowest BCUT2D eigenvalue weighted by atomic mass is 9.94. The van der Waals surface area contributed by atoms with Crippen molar-refractivity contribution in [2.45, 2.75) is 24.3 Å². The molecule has 0 radical (unpaired) electrons. The molecule has 1 heterocycles. The summed E-state index contributed by atoms with van der Waals surface area (Å²) in [5.74, 6) is 1.43. The highest BCUT2D eigenvalue weighted by Gasteiger charge is 2.22. The van der Waals surface area contributed by atoms with Crippen LogP contribution in [-0.4, -0.2) is 36.3 Å². The van der Waals surface area contributed by atoms with E-state index in [-0.39, 0.29) is 11.9 Å². The van der Waals surface area contributed by atoms with Crippen molar-refractivity contribution in [1.82, 2.24) is 4.90 Å². The van der Waals surface area contributed by atoms with Gasteiger partial charge in [0.25, 0.3) is 0 Å². The molecule has 0 aromatic heterocycles. The smallest absolute Gasteiger partial charge is 0.136 e. The highest BCUT2D eigenvalue weighted by atomic mass is 32.2. The Bertz CT molecular complexity index is 386. The van der Waals surface area contributed by atoms with Gasteiger partial charge in [-0.2, -0.15) is 0 Å². The van der Waals surface area contributed by atoms with Crippen molar-refractivity contribution in [3.8, 4) is 0 Å². The van der Waals surface area contributed by atoms with E-state index in [1.807, 2.05) is 12.1 Å². The fraction of sp³-hybridized carbons (Fsp3) is 0.571. The van der Waals surface area contributed by atoms with E-state index in [0.717, 1.165) is 30.3 Å². The van der Waals surface area contributed by atoms with E-state index < -0.39 is 0 Å². The first-order valence-electron chi connectivity index (χ1n) is 6.52. The van der Waals surface area contributed by atoms with Crippen molar-refractivity contribution in [2.24, 2.45) is 11.7 Å². The van der Waals surface area contributed by atoms with Crippen LogP contribution >= 0.6 is 11.8 Å². The van der Waals surface area contributed by atoms with Gasteiger partial charge in [0.2, 0.25) is 0 Å². The van der Waals surface area contributed by atoms with Crippen LogP contribution in [0.15, 0.2) is 29.2 Å². The summed E-state index contributed by atoms with van der Waals surface area (Å²) in [5.41, 5.74) is 6.07. The van der Waals surface area contributed by atoms with Gasteiger partial charge >= 0.3 is 0 Å². The molecule has 0 aliphatic carbocycles. The van der Waals surface area contributed by atoms with Crippen LogP contribution in [-0.2, 0) is 0 Å². The molecule has 1 fully saturated rings. The van der Waals surface area contributed by atoms with Gasteiger partial charge in [0, 0.05) is 29.8 Å². The third-order valence-electron chi connectivity index (χ3n) is 3.60. The van der Waals surface area contributed by atoms with Crippen molar-refractivity contribution in [2.75, 3.05) is 25.4 Å². The second kappa shape index (κ2) is 6.55. The zero-order chi connectivity index (χ0) is 13.0. The molecule has 2 atom stereocenters. The molecule has 2 unspecified atom stereocenters. The molecule has 1 aromatic rings. The average molecular weight is 268 g/mol. The fourth-order valence-electron chi connectivity index (χ4n) is 2.22. The normalized spacial score (nSPS) is 25.3. The number of halogens is 1. The molecule has 2 nitrogen and oxygen atoms in total. The summed E-state index contributed by atoms with van der Waals surface area (Å²) in [6.07, 6.45) is 1.17. The highest BCUT2D eigenvalue weighted by molar-refractivity contribution is 7.99. The fourth-order valence-corrected chi connectivity index (χ4v) is 3.17. The summed E-state index contributed by atoms with van der Waals surface area (Å²) in [5, 5.41) is 0. The van der Waals surface area contributed by atoms with Crippen molar-refractivity contribution in [1.29, 1.82) is 0 Å². The second-order valence-corrected chi connectivity index (χ2v) is 6.15. The summed E-state index contributed by atoms with van der Waals surface area (Å²) >= 11 is 1.59. The largest absolute Gasteiger partial charge is 0.326 e. The minimum absolute atomic E-state index is 0.119. The van der Waals surface area contributed by atoms with Gasteiger partial charge in [0.05, 0.1) is 0 Å². The van der Waals surface area contributed by atoms with Crippen LogP contribution < -0.4 is 5.73 Å². The third kappa shape index (κ3) is 3.70. The average Bonchev–Trinajstić information content (AvgIpc) is 2.36. The van der Waals surface area contributed by atoms with Crippen LogP contribution in [0, 0.1) is 11.7 Å². The van der Waals surface area contributed by atoms with Crippen LogP contribution in [0.2, 0.25) is 0 Å². The van der Waals surface area contributed by atoms with Crippen molar-refractivity contribution < 1.29 is 4.39 Å². The molecule has 1 saturated heterocycles. The van der Waals surface area contributed by atoms with E-state index in [2.05, 4.69) is 11.8 Å². The molecular weight excluding hydrogens is 247 g/mol. The summed E-state index contributed by atoms with van der Waals surface area (Å²) in [6, 6.07) is 7.25. The lowest BCUT2D eigenvalue weighted by Crippen LogP contribution is -2.48. The van der Waals surface area contributed by atoms with Crippen LogP contribution in [0.1, 0.15) is 13.3 Å². The lowest BCUT2D eigenvalue weighted by molar-refractivity contribution is 0.178. The number of likely N-dealkylation sites (tertiary alicyclic amines) is 1. The van der Waals surface area contributed by atoms with E-state index >= 15 is 0 Å². The zero-order valence-electron chi connectivity index (χ0n) is 10.8. The molecule has 0 amide bonds. The molecule has 1 aliphatic heterocycles. The number of piperidine rings is 1. The number of hydrogen-bond acceptors (Lipinski definition) is 3. The summed E-state index contributed by atoms with van der Waals surface area (Å²) in [6.45, 7) is 5.29. The molecule has 1 aliphatic rings. The van der Waals surface area contributed by atoms with Gasteiger partial charge in [-0.05, 0) is 31.0 Å². The number of rotatable bonds is 4. The molecule has 4 heteroatoms. The zero-order valence-corrected chi connectivity index (χ0v) is 11.6. The maximum atomic E-state index is 13.4. The number of hydrogen-bond donors (Lipinski definition) is 1.